The molecule has 18 heavy (non-hydrogen) atoms. The lowest BCUT2D eigenvalue weighted by atomic mass is 9.99. The summed E-state index contributed by atoms with van der Waals surface area (Å²) in [7, 11) is 0. The number of carbonyl (C=O) groups excluding carboxylic acids is 1. The number of hydrogen-bond donors (Lipinski definition) is 1. The van der Waals surface area contributed by atoms with Gasteiger partial charge in [0.1, 0.15) is 11.8 Å². The Morgan fingerprint density at radius 2 is 1.83 bits per heavy atom. The van der Waals surface area contributed by atoms with Crippen molar-refractivity contribution in [3.05, 3.63) is 0 Å². The molecule has 1 rings (SSSR count). The Labute approximate surface area is 106 Å². The third kappa shape index (κ3) is 4.16. The molecule has 5 nitrogen and oxygen atoms in total. The van der Waals surface area contributed by atoms with Gasteiger partial charge in [0.15, 0.2) is 0 Å². The van der Waals surface area contributed by atoms with Crippen LogP contribution in [0.3, 0.4) is 0 Å². The number of halogens is 1. The molecule has 0 aromatic rings. The number of alkyl halides is 1. The first-order valence-corrected chi connectivity index (χ1v) is 6.05. The lowest BCUT2D eigenvalue weighted by molar-refractivity contribution is -0.144. The Morgan fingerprint density at radius 1 is 1.28 bits per heavy atom. The Morgan fingerprint density at radius 3 is 2.33 bits per heavy atom. The van der Waals surface area contributed by atoms with Crippen LogP contribution in [0.1, 0.15) is 33.6 Å². The molecule has 0 radical (unpaired) electrons. The van der Waals surface area contributed by atoms with E-state index >= 15 is 0 Å². The zero-order valence-electron chi connectivity index (χ0n) is 11.0. The Balaban J connectivity index is 2.61. The first-order valence-electron chi connectivity index (χ1n) is 6.05. The summed E-state index contributed by atoms with van der Waals surface area (Å²) in [4.78, 5) is 24.0. The maximum absolute atomic E-state index is 13.6. The highest BCUT2D eigenvalue weighted by Crippen LogP contribution is 2.22. The Kier molecular flexibility index (Phi) is 4.53. The van der Waals surface area contributed by atoms with Gasteiger partial charge in [0, 0.05) is 13.1 Å². The minimum Gasteiger partial charge on any atom is -0.481 e. The molecular formula is C12H20FNO4. The molecule has 104 valence electrons. The van der Waals surface area contributed by atoms with Crippen LogP contribution in [-0.2, 0) is 9.53 Å². The van der Waals surface area contributed by atoms with Gasteiger partial charge in [-0.3, -0.25) is 4.79 Å². The summed E-state index contributed by atoms with van der Waals surface area (Å²) in [5, 5.41) is 8.87. The van der Waals surface area contributed by atoms with E-state index in [1.807, 2.05) is 0 Å². The Bertz CT molecular complexity index is 327. The van der Waals surface area contributed by atoms with Gasteiger partial charge in [-0.15, -0.1) is 0 Å². The maximum atomic E-state index is 13.6. The number of carbonyl (C=O) groups is 2. The number of rotatable bonds is 1. The lowest BCUT2D eigenvalue weighted by Gasteiger charge is -2.26. The summed E-state index contributed by atoms with van der Waals surface area (Å²) in [6, 6.07) is 0. The number of hydrogen-bond acceptors (Lipinski definition) is 3. The average Bonchev–Trinajstić information content (AvgIpc) is 2.37. The molecule has 2 unspecified atom stereocenters. The van der Waals surface area contributed by atoms with Gasteiger partial charge >= 0.3 is 12.1 Å². The van der Waals surface area contributed by atoms with Gasteiger partial charge in [-0.25, -0.2) is 9.18 Å². The summed E-state index contributed by atoms with van der Waals surface area (Å²) in [6.45, 7) is 5.66. The second kappa shape index (κ2) is 5.54. The van der Waals surface area contributed by atoms with E-state index in [2.05, 4.69) is 0 Å². The van der Waals surface area contributed by atoms with Gasteiger partial charge < -0.3 is 14.7 Å². The highest BCUT2D eigenvalue weighted by atomic mass is 19.1. The van der Waals surface area contributed by atoms with E-state index in [-0.39, 0.29) is 25.9 Å². The molecule has 1 heterocycles. The van der Waals surface area contributed by atoms with Crippen LogP contribution in [0.25, 0.3) is 0 Å². The highest BCUT2D eigenvalue weighted by molar-refractivity contribution is 5.71. The van der Waals surface area contributed by atoms with Gasteiger partial charge in [-0.2, -0.15) is 0 Å². The van der Waals surface area contributed by atoms with Crippen molar-refractivity contribution in [2.24, 2.45) is 5.92 Å². The van der Waals surface area contributed by atoms with Crippen LogP contribution in [-0.4, -0.2) is 46.9 Å². The van der Waals surface area contributed by atoms with Crippen LogP contribution in [0.5, 0.6) is 0 Å². The third-order valence-corrected chi connectivity index (χ3v) is 2.79. The monoisotopic (exact) mass is 261 g/mol. The van der Waals surface area contributed by atoms with Crippen molar-refractivity contribution in [3.8, 4) is 0 Å². The summed E-state index contributed by atoms with van der Waals surface area (Å²) >= 11 is 0. The van der Waals surface area contributed by atoms with Crippen LogP contribution < -0.4 is 0 Å². The fourth-order valence-electron chi connectivity index (χ4n) is 1.86. The van der Waals surface area contributed by atoms with E-state index in [1.54, 1.807) is 20.8 Å². The van der Waals surface area contributed by atoms with E-state index < -0.39 is 29.8 Å². The van der Waals surface area contributed by atoms with Gasteiger partial charge in [0.2, 0.25) is 0 Å². The van der Waals surface area contributed by atoms with Crippen LogP contribution in [0.15, 0.2) is 0 Å². The second-order valence-electron chi connectivity index (χ2n) is 5.51. The van der Waals surface area contributed by atoms with E-state index in [0.29, 0.717) is 0 Å². The molecule has 0 saturated carbocycles. The highest BCUT2D eigenvalue weighted by Gasteiger charge is 2.34. The SMILES string of the molecule is CC(C)(C)OC(=O)N1CCC(F)C(C(=O)O)CC1. The normalized spacial score (nSPS) is 25.4. The summed E-state index contributed by atoms with van der Waals surface area (Å²) in [6.07, 6.45) is -1.76. The molecule has 0 aromatic carbocycles. The molecule has 1 saturated heterocycles. The largest absolute Gasteiger partial charge is 0.481 e. The number of aliphatic carboxylic acids is 1. The average molecular weight is 261 g/mol. The molecule has 1 aliphatic rings. The molecule has 1 aliphatic heterocycles. The Hall–Kier alpha value is -1.33. The number of amides is 1. The molecule has 1 N–H and O–H groups in total. The van der Waals surface area contributed by atoms with Gasteiger partial charge in [0.05, 0.1) is 5.92 Å². The smallest absolute Gasteiger partial charge is 0.410 e. The van der Waals surface area contributed by atoms with E-state index in [0.717, 1.165) is 0 Å². The summed E-state index contributed by atoms with van der Waals surface area (Å²) in [5.41, 5.74) is -0.606. The number of ether oxygens (including phenoxy) is 1. The van der Waals surface area contributed by atoms with Crippen LogP contribution in [0.2, 0.25) is 0 Å². The van der Waals surface area contributed by atoms with Crippen molar-refractivity contribution in [2.75, 3.05) is 13.1 Å². The first-order chi connectivity index (χ1) is 8.20. The fourth-order valence-corrected chi connectivity index (χ4v) is 1.86. The number of likely N-dealkylation sites (tertiary alicyclic amines) is 1. The number of carboxylic acid groups (broad SMARTS) is 1. The van der Waals surface area contributed by atoms with E-state index in [4.69, 9.17) is 9.84 Å². The minimum atomic E-state index is -1.41. The summed E-state index contributed by atoms with van der Waals surface area (Å²) < 4.78 is 18.8. The molecule has 0 spiro atoms. The van der Waals surface area contributed by atoms with Crippen molar-refractivity contribution in [3.63, 3.8) is 0 Å². The predicted molar refractivity (Wildman–Crippen MR) is 63.1 cm³/mol. The first kappa shape index (κ1) is 14.7. The summed E-state index contributed by atoms with van der Waals surface area (Å²) in [5.74, 6) is -2.18. The predicted octanol–water partition coefficient (Wildman–Crippen LogP) is 2.06. The topological polar surface area (TPSA) is 66.8 Å². The van der Waals surface area contributed by atoms with Crippen molar-refractivity contribution < 1.29 is 23.8 Å². The van der Waals surface area contributed by atoms with Crippen molar-refractivity contribution in [2.45, 2.75) is 45.4 Å². The van der Waals surface area contributed by atoms with E-state index in [1.165, 1.54) is 4.90 Å². The quantitative estimate of drug-likeness (QED) is 0.784. The zero-order chi connectivity index (χ0) is 13.9. The van der Waals surface area contributed by atoms with Gasteiger partial charge in [-0.1, -0.05) is 0 Å². The van der Waals surface area contributed by atoms with Crippen LogP contribution >= 0.6 is 0 Å². The third-order valence-electron chi connectivity index (χ3n) is 2.79. The second-order valence-corrected chi connectivity index (χ2v) is 5.51. The molecule has 1 amide bonds. The standard InChI is InChI=1S/C12H20FNO4/c1-12(2,3)18-11(17)14-6-4-8(10(15)16)9(13)5-7-14/h8-9H,4-7H2,1-3H3,(H,15,16). The number of carboxylic acids is 1. The molecular weight excluding hydrogens is 241 g/mol. The van der Waals surface area contributed by atoms with Gasteiger partial charge in [-0.05, 0) is 33.6 Å². The molecule has 0 bridgehead atoms. The number of nitrogens with zero attached hydrogens (tertiary/aromatic N) is 1. The molecule has 1 fully saturated rings. The fraction of sp³-hybridized carbons (Fsp3) is 0.833. The minimum absolute atomic E-state index is 0.0379. The zero-order valence-corrected chi connectivity index (χ0v) is 11.0. The van der Waals surface area contributed by atoms with Crippen LogP contribution in [0, 0.1) is 5.92 Å². The van der Waals surface area contributed by atoms with Gasteiger partial charge in [0.25, 0.3) is 0 Å². The van der Waals surface area contributed by atoms with Crippen molar-refractivity contribution in [1.82, 2.24) is 4.90 Å². The molecule has 0 aromatic heterocycles. The lowest BCUT2D eigenvalue weighted by Crippen LogP contribution is -2.37. The van der Waals surface area contributed by atoms with Crippen molar-refractivity contribution >= 4 is 12.1 Å². The van der Waals surface area contributed by atoms with E-state index in [9.17, 15) is 14.0 Å². The molecule has 0 aliphatic carbocycles. The molecule has 2 atom stereocenters. The maximum Gasteiger partial charge on any atom is 0.410 e. The van der Waals surface area contributed by atoms with Crippen molar-refractivity contribution in [1.29, 1.82) is 0 Å². The molecule has 6 heteroatoms. The van der Waals surface area contributed by atoms with Crippen LogP contribution in [0.4, 0.5) is 9.18 Å².